The summed E-state index contributed by atoms with van der Waals surface area (Å²) >= 11 is 18.4. The lowest BCUT2D eigenvalue weighted by atomic mass is 10.2. The molecule has 34 heavy (non-hydrogen) atoms. The van der Waals surface area contributed by atoms with Crippen molar-refractivity contribution in [1.82, 2.24) is 0 Å². The van der Waals surface area contributed by atoms with E-state index in [0.717, 1.165) is 0 Å². The van der Waals surface area contributed by atoms with Crippen molar-refractivity contribution in [1.29, 1.82) is 0 Å². The summed E-state index contributed by atoms with van der Waals surface area (Å²) in [4.78, 5) is 23.8. The molecule has 0 saturated heterocycles. The van der Waals surface area contributed by atoms with E-state index < -0.39 is 26.9 Å². The number of benzene rings is 2. The molecule has 0 heterocycles. The number of halogens is 3. The minimum atomic E-state index is -4.05. The van der Waals surface area contributed by atoms with Crippen LogP contribution in [0.25, 0.3) is 0 Å². The molecule has 3 rings (SSSR count). The fraction of sp³-hybridized carbons (Fsp3) is 0.304. The Bertz CT molecular complexity index is 1350. The van der Waals surface area contributed by atoms with Crippen molar-refractivity contribution in [2.45, 2.75) is 44.2 Å². The van der Waals surface area contributed by atoms with E-state index >= 15 is 0 Å². The molecule has 3 aromatic carbocycles. The fourth-order valence-corrected chi connectivity index (χ4v) is 5.63. The van der Waals surface area contributed by atoms with Crippen LogP contribution in [0.3, 0.4) is 0 Å². The molecule has 0 spiro atoms. The summed E-state index contributed by atoms with van der Waals surface area (Å²) in [5.41, 5.74) is -1.03. The summed E-state index contributed by atoms with van der Waals surface area (Å²) in [7, 11) is -4.05. The van der Waals surface area contributed by atoms with Gasteiger partial charge in [0.15, 0.2) is 5.75 Å². The van der Waals surface area contributed by atoms with Crippen molar-refractivity contribution in [2.24, 2.45) is 0 Å². The van der Waals surface area contributed by atoms with Crippen molar-refractivity contribution in [3.63, 3.8) is 0 Å². The number of anilines is 2. The summed E-state index contributed by atoms with van der Waals surface area (Å²) in [5.74, 6) is -0.00354. The Labute approximate surface area is 212 Å². The van der Waals surface area contributed by atoms with Crippen LogP contribution in [0, 0.1) is 0 Å². The van der Waals surface area contributed by atoms with Crippen LogP contribution in [0.4, 0.5) is 11.4 Å². The number of sulfonamides is 1. The number of hydrogen-bond acceptors (Lipinski definition) is 6. The van der Waals surface area contributed by atoms with E-state index in [1.807, 2.05) is 0 Å². The SMILES string of the molecule is CC(C)Oc1c(NCC[C@@H](C)N(c2cc(Cl)ccc2Cl)S(=O)(=O)c2ccc(Cl)cc2)c(=O)c1=O. The van der Waals surface area contributed by atoms with Gasteiger partial charge in [-0.2, -0.15) is 0 Å². The molecule has 1 atom stereocenters. The summed E-state index contributed by atoms with van der Waals surface area (Å²) < 4.78 is 33.8. The van der Waals surface area contributed by atoms with Gasteiger partial charge in [0.1, 0.15) is 5.69 Å². The molecule has 7 nitrogen and oxygen atoms in total. The maximum Gasteiger partial charge on any atom is 0.272 e. The van der Waals surface area contributed by atoms with Gasteiger partial charge in [-0.05, 0) is 69.7 Å². The molecular formula is C23H23Cl3N2O5S. The lowest BCUT2D eigenvalue weighted by molar-refractivity contribution is 0.238. The van der Waals surface area contributed by atoms with Crippen molar-refractivity contribution in [3.8, 4) is 5.75 Å². The Morgan fingerprint density at radius 1 is 0.941 bits per heavy atom. The normalized spacial score (nSPS) is 12.7. The highest BCUT2D eigenvalue weighted by molar-refractivity contribution is 7.92. The Balaban J connectivity index is 1.89. The van der Waals surface area contributed by atoms with Crippen molar-refractivity contribution < 1.29 is 13.2 Å². The molecule has 3 aromatic rings. The van der Waals surface area contributed by atoms with Gasteiger partial charge in [0.25, 0.3) is 20.9 Å². The lowest BCUT2D eigenvalue weighted by Crippen LogP contribution is -2.41. The average Bonchev–Trinajstić information content (AvgIpc) is 2.77. The molecule has 0 fully saturated rings. The minimum Gasteiger partial charge on any atom is -0.485 e. The van der Waals surface area contributed by atoms with Gasteiger partial charge in [0.05, 0.1) is 21.7 Å². The molecule has 0 aliphatic heterocycles. The second-order valence-electron chi connectivity index (χ2n) is 7.94. The minimum absolute atomic E-state index is 0.00354. The maximum atomic E-state index is 13.6. The fourth-order valence-electron chi connectivity index (χ4n) is 3.38. The van der Waals surface area contributed by atoms with Gasteiger partial charge >= 0.3 is 0 Å². The highest BCUT2D eigenvalue weighted by Gasteiger charge is 2.31. The van der Waals surface area contributed by atoms with Gasteiger partial charge in [-0.1, -0.05) is 34.8 Å². The van der Waals surface area contributed by atoms with E-state index in [-0.39, 0.29) is 46.1 Å². The van der Waals surface area contributed by atoms with E-state index in [4.69, 9.17) is 39.5 Å². The van der Waals surface area contributed by atoms with Gasteiger partial charge in [-0.15, -0.1) is 0 Å². The zero-order valence-electron chi connectivity index (χ0n) is 18.6. The summed E-state index contributed by atoms with van der Waals surface area (Å²) in [6.45, 7) is 5.40. The highest BCUT2D eigenvalue weighted by atomic mass is 35.5. The van der Waals surface area contributed by atoms with Crippen LogP contribution in [0.2, 0.25) is 15.1 Å². The van der Waals surface area contributed by atoms with Crippen LogP contribution >= 0.6 is 34.8 Å². The molecule has 0 bridgehead atoms. The second kappa shape index (κ2) is 10.6. The highest BCUT2D eigenvalue weighted by Crippen LogP contribution is 2.35. The first-order chi connectivity index (χ1) is 15.9. The van der Waals surface area contributed by atoms with Gasteiger partial charge in [0.2, 0.25) is 0 Å². The van der Waals surface area contributed by atoms with E-state index in [2.05, 4.69) is 5.32 Å². The molecule has 0 unspecified atom stereocenters. The number of nitrogens with one attached hydrogen (secondary N) is 1. The lowest BCUT2D eigenvalue weighted by Gasteiger charge is -2.31. The number of rotatable bonds is 10. The zero-order chi connectivity index (χ0) is 25.2. The van der Waals surface area contributed by atoms with Crippen LogP contribution in [0.1, 0.15) is 27.2 Å². The molecular weight excluding hydrogens is 523 g/mol. The molecule has 11 heteroatoms. The first-order valence-corrected chi connectivity index (χ1v) is 13.0. The van der Waals surface area contributed by atoms with E-state index in [1.165, 1.54) is 40.7 Å². The van der Waals surface area contributed by atoms with Crippen LogP contribution in [-0.2, 0) is 10.0 Å². The molecule has 0 aliphatic rings. The predicted octanol–water partition coefficient (Wildman–Crippen LogP) is 5.12. The van der Waals surface area contributed by atoms with Gasteiger partial charge in [0, 0.05) is 22.6 Å². The van der Waals surface area contributed by atoms with E-state index in [0.29, 0.717) is 10.0 Å². The first kappa shape index (κ1) is 26.3. The molecule has 0 aromatic heterocycles. The predicted molar refractivity (Wildman–Crippen MR) is 137 cm³/mol. The monoisotopic (exact) mass is 544 g/mol. The third-order valence-electron chi connectivity index (χ3n) is 5.00. The quantitative estimate of drug-likeness (QED) is 0.356. The molecule has 182 valence electrons. The third-order valence-corrected chi connectivity index (χ3v) is 7.75. The van der Waals surface area contributed by atoms with Crippen LogP contribution < -0.4 is 25.2 Å². The number of ether oxygens (including phenoxy) is 1. The first-order valence-electron chi connectivity index (χ1n) is 10.4. The average molecular weight is 546 g/mol. The van der Waals surface area contributed by atoms with Crippen molar-refractivity contribution in [2.75, 3.05) is 16.2 Å². The van der Waals surface area contributed by atoms with Gasteiger partial charge in [-0.3, -0.25) is 13.9 Å². The molecule has 0 saturated carbocycles. The standard InChI is InChI=1S/C23H23Cl3N2O5S/c1-13(2)33-23-20(21(29)22(23)30)27-11-10-14(3)28(19-12-16(25)6-9-18(19)26)34(31,32)17-7-4-15(24)5-8-17/h4-9,12-14,27H,10-11H2,1-3H3/t14-/m1/s1. The van der Waals surface area contributed by atoms with Crippen LogP contribution in [0.5, 0.6) is 5.75 Å². The van der Waals surface area contributed by atoms with Gasteiger partial charge < -0.3 is 10.1 Å². The summed E-state index contributed by atoms with van der Waals surface area (Å²) in [6, 6.07) is 9.75. The van der Waals surface area contributed by atoms with E-state index in [9.17, 15) is 18.0 Å². The smallest absolute Gasteiger partial charge is 0.272 e. The van der Waals surface area contributed by atoms with Crippen LogP contribution in [0.15, 0.2) is 56.9 Å². The molecule has 0 radical (unpaired) electrons. The van der Waals surface area contributed by atoms with Crippen LogP contribution in [-0.4, -0.2) is 27.1 Å². The number of hydrogen-bond donors (Lipinski definition) is 1. The third kappa shape index (κ3) is 5.51. The van der Waals surface area contributed by atoms with Crippen molar-refractivity contribution >= 4 is 56.2 Å². The Hall–Kier alpha value is -2.26. The maximum absolute atomic E-state index is 13.6. The van der Waals surface area contributed by atoms with E-state index in [1.54, 1.807) is 26.8 Å². The topological polar surface area (TPSA) is 92.8 Å². The summed E-state index contributed by atoms with van der Waals surface area (Å²) in [6.07, 6.45) is 0.00281. The summed E-state index contributed by atoms with van der Waals surface area (Å²) in [5, 5.41) is 3.83. The Morgan fingerprint density at radius 2 is 1.56 bits per heavy atom. The zero-order valence-corrected chi connectivity index (χ0v) is 21.7. The van der Waals surface area contributed by atoms with Crippen molar-refractivity contribution in [3.05, 3.63) is 78.0 Å². The molecule has 0 aliphatic carbocycles. The van der Waals surface area contributed by atoms with Gasteiger partial charge in [-0.25, -0.2) is 8.42 Å². The Morgan fingerprint density at radius 3 is 2.18 bits per heavy atom. The Kier molecular flexibility index (Phi) is 8.18. The molecule has 1 N–H and O–H groups in total. The largest absolute Gasteiger partial charge is 0.485 e. The molecule has 0 amide bonds. The number of nitrogens with zero attached hydrogens (tertiary/aromatic N) is 1. The second-order valence-corrected chi connectivity index (χ2v) is 11.0.